The Hall–Kier alpha value is -0.850. The maximum Gasteiger partial charge on any atom is 0.270 e. The van der Waals surface area contributed by atoms with E-state index < -0.39 is 0 Å². The van der Waals surface area contributed by atoms with Crippen molar-refractivity contribution < 1.29 is 4.79 Å². The van der Waals surface area contributed by atoms with E-state index in [2.05, 4.69) is 44.8 Å². The molecule has 1 N–H and O–H groups in total. The van der Waals surface area contributed by atoms with Gasteiger partial charge in [0.15, 0.2) is 0 Å². The Kier molecular flexibility index (Phi) is 5.84. The van der Waals surface area contributed by atoms with E-state index in [0.717, 1.165) is 17.6 Å². The summed E-state index contributed by atoms with van der Waals surface area (Å²) in [4.78, 5) is 21.8. The van der Waals surface area contributed by atoms with E-state index >= 15 is 0 Å². The minimum Gasteiger partial charge on any atom is -0.356 e. The second kappa shape index (κ2) is 7.42. The molecule has 1 aliphatic heterocycles. The Morgan fingerprint density at radius 1 is 1.38 bits per heavy atom. The molecule has 6 heteroatoms. The molecule has 2 heterocycles. The number of piperidine rings is 1. The third-order valence-corrected chi connectivity index (χ3v) is 4.78. The summed E-state index contributed by atoms with van der Waals surface area (Å²) >= 11 is 3.35. The predicted octanol–water partition coefficient (Wildman–Crippen LogP) is 1.88. The SMILES string of the molecule is CN1CCC(N(C)CCN(C)C(=O)c2cc(Br)c[nH]2)CC1. The van der Waals surface area contributed by atoms with Crippen LogP contribution in [0.4, 0.5) is 0 Å². The number of amides is 1. The lowest BCUT2D eigenvalue weighted by Gasteiger charge is -2.35. The number of nitrogens with zero attached hydrogens (tertiary/aromatic N) is 3. The number of hydrogen-bond acceptors (Lipinski definition) is 3. The summed E-state index contributed by atoms with van der Waals surface area (Å²) in [7, 11) is 6.20. The average molecular weight is 357 g/mol. The summed E-state index contributed by atoms with van der Waals surface area (Å²) in [5.74, 6) is 0.0393. The quantitative estimate of drug-likeness (QED) is 0.875. The topological polar surface area (TPSA) is 42.6 Å². The van der Waals surface area contributed by atoms with E-state index in [0.29, 0.717) is 11.7 Å². The summed E-state index contributed by atoms with van der Waals surface area (Å²) < 4.78 is 0.905. The van der Waals surface area contributed by atoms with Crippen LogP contribution in [0.3, 0.4) is 0 Å². The second-order valence-electron chi connectivity index (χ2n) is 5.97. The minimum absolute atomic E-state index is 0.0393. The van der Waals surface area contributed by atoms with Crippen LogP contribution in [0.15, 0.2) is 16.7 Å². The Bertz CT molecular complexity index is 468. The van der Waals surface area contributed by atoms with Crippen LogP contribution in [0.2, 0.25) is 0 Å². The fourth-order valence-electron chi connectivity index (χ4n) is 2.72. The van der Waals surface area contributed by atoms with Crippen LogP contribution in [-0.4, -0.2) is 79.0 Å². The number of likely N-dealkylation sites (tertiary alicyclic amines) is 1. The molecule has 1 saturated heterocycles. The first-order chi connectivity index (χ1) is 9.97. The number of hydrogen-bond donors (Lipinski definition) is 1. The van der Waals surface area contributed by atoms with Crippen molar-refractivity contribution in [2.24, 2.45) is 0 Å². The molecule has 0 spiro atoms. The highest BCUT2D eigenvalue weighted by atomic mass is 79.9. The summed E-state index contributed by atoms with van der Waals surface area (Å²) in [5, 5.41) is 0. The zero-order chi connectivity index (χ0) is 15.4. The van der Waals surface area contributed by atoms with E-state index in [-0.39, 0.29) is 5.91 Å². The molecule has 0 saturated carbocycles. The van der Waals surface area contributed by atoms with Gasteiger partial charge < -0.3 is 19.7 Å². The molecular formula is C15H25BrN4O. The molecule has 2 rings (SSSR count). The first-order valence-corrected chi connectivity index (χ1v) is 8.25. The van der Waals surface area contributed by atoms with Crippen LogP contribution in [0.5, 0.6) is 0 Å². The molecule has 0 atom stereocenters. The molecule has 1 fully saturated rings. The highest BCUT2D eigenvalue weighted by Gasteiger charge is 2.21. The molecule has 5 nitrogen and oxygen atoms in total. The molecule has 0 radical (unpaired) electrons. The van der Waals surface area contributed by atoms with Gasteiger partial charge in [0.1, 0.15) is 5.69 Å². The molecule has 1 aromatic heterocycles. The number of aromatic nitrogens is 1. The number of nitrogens with one attached hydrogen (secondary N) is 1. The lowest BCUT2D eigenvalue weighted by molar-refractivity contribution is 0.0753. The Labute approximate surface area is 135 Å². The smallest absolute Gasteiger partial charge is 0.270 e. The number of aromatic amines is 1. The summed E-state index contributed by atoms with van der Waals surface area (Å²) in [6.07, 6.45) is 4.22. The number of halogens is 1. The van der Waals surface area contributed by atoms with Crippen LogP contribution >= 0.6 is 15.9 Å². The number of carbonyl (C=O) groups excluding carboxylic acids is 1. The van der Waals surface area contributed by atoms with Crippen LogP contribution in [0.25, 0.3) is 0 Å². The van der Waals surface area contributed by atoms with E-state index in [9.17, 15) is 4.79 Å². The van der Waals surface area contributed by atoms with Crippen molar-refractivity contribution in [3.63, 3.8) is 0 Å². The number of H-pyrrole nitrogens is 1. The Balaban J connectivity index is 1.78. The first kappa shape index (κ1) is 16.5. The monoisotopic (exact) mass is 356 g/mol. The fraction of sp³-hybridized carbons (Fsp3) is 0.667. The van der Waals surface area contributed by atoms with Gasteiger partial charge in [0.05, 0.1) is 0 Å². The molecule has 0 bridgehead atoms. The highest BCUT2D eigenvalue weighted by molar-refractivity contribution is 9.10. The van der Waals surface area contributed by atoms with Crippen molar-refractivity contribution in [2.45, 2.75) is 18.9 Å². The van der Waals surface area contributed by atoms with Gasteiger partial charge in [-0.05, 0) is 62.0 Å². The molecule has 1 aliphatic rings. The first-order valence-electron chi connectivity index (χ1n) is 7.45. The van der Waals surface area contributed by atoms with Crippen LogP contribution in [0.1, 0.15) is 23.3 Å². The van der Waals surface area contributed by atoms with Crippen molar-refractivity contribution in [3.05, 3.63) is 22.4 Å². The van der Waals surface area contributed by atoms with Gasteiger partial charge in [0.25, 0.3) is 5.91 Å². The molecule has 21 heavy (non-hydrogen) atoms. The van der Waals surface area contributed by atoms with Gasteiger partial charge in [-0.2, -0.15) is 0 Å². The van der Waals surface area contributed by atoms with Gasteiger partial charge in [-0.15, -0.1) is 0 Å². The molecule has 118 valence electrons. The Morgan fingerprint density at radius 2 is 2.05 bits per heavy atom. The van der Waals surface area contributed by atoms with E-state index in [1.165, 1.54) is 25.9 Å². The molecule has 1 aromatic rings. The third-order valence-electron chi connectivity index (χ3n) is 4.32. The standard InChI is InChI=1S/C15H25BrN4O/c1-18-6-4-13(5-7-18)19(2)8-9-20(3)15(21)14-10-12(16)11-17-14/h10-11,13,17H,4-9H2,1-3H3. The summed E-state index contributed by atoms with van der Waals surface area (Å²) in [6.45, 7) is 4.00. The zero-order valence-electron chi connectivity index (χ0n) is 13.1. The second-order valence-corrected chi connectivity index (χ2v) is 6.89. The molecule has 1 amide bonds. The van der Waals surface area contributed by atoms with Crippen molar-refractivity contribution in [3.8, 4) is 0 Å². The van der Waals surface area contributed by atoms with Gasteiger partial charge in [0, 0.05) is 36.8 Å². The molecule has 0 unspecified atom stereocenters. The van der Waals surface area contributed by atoms with Crippen LogP contribution in [-0.2, 0) is 0 Å². The molecule has 0 aromatic carbocycles. The minimum atomic E-state index is 0.0393. The van der Waals surface area contributed by atoms with Crippen LogP contribution < -0.4 is 0 Å². The molecular weight excluding hydrogens is 332 g/mol. The van der Waals surface area contributed by atoms with E-state index in [4.69, 9.17) is 0 Å². The van der Waals surface area contributed by atoms with Crippen molar-refractivity contribution in [2.75, 3.05) is 47.3 Å². The van der Waals surface area contributed by atoms with Crippen molar-refractivity contribution in [1.82, 2.24) is 19.7 Å². The van der Waals surface area contributed by atoms with Gasteiger partial charge in [-0.1, -0.05) is 0 Å². The maximum atomic E-state index is 12.2. The number of rotatable bonds is 5. The van der Waals surface area contributed by atoms with Crippen molar-refractivity contribution in [1.29, 1.82) is 0 Å². The lowest BCUT2D eigenvalue weighted by atomic mass is 10.0. The summed E-state index contributed by atoms with van der Waals surface area (Å²) in [5.41, 5.74) is 0.631. The number of likely N-dealkylation sites (N-methyl/N-ethyl adjacent to an activating group) is 2. The van der Waals surface area contributed by atoms with Gasteiger partial charge in [-0.25, -0.2) is 0 Å². The van der Waals surface area contributed by atoms with Crippen LogP contribution in [0, 0.1) is 0 Å². The van der Waals surface area contributed by atoms with E-state index in [1.54, 1.807) is 11.1 Å². The zero-order valence-corrected chi connectivity index (χ0v) is 14.7. The maximum absolute atomic E-state index is 12.2. The predicted molar refractivity (Wildman–Crippen MR) is 88.6 cm³/mol. The van der Waals surface area contributed by atoms with Gasteiger partial charge in [-0.3, -0.25) is 4.79 Å². The fourth-order valence-corrected chi connectivity index (χ4v) is 3.07. The van der Waals surface area contributed by atoms with E-state index in [1.807, 2.05) is 13.1 Å². The largest absolute Gasteiger partial charge is 0.356 e. The molecule has 0 aliphatic carbocycles. The number of carbonyl (C=O) groups is 1. The Morgan fingerprint density at radius 3 is 2.62 bits per heavy atom. The summed E-state index contributed by atoms with van der Waals surface area (Å²) in [6, 6.07) is 2.46. The van der Waals surface area contributed by atoms with Gasteiger partial charge in [0.2, 0.25) is 0 Å². The van der Waals surface area contributed by atoms with Gasteiger partial charge >= 0.3 is 0 Å². The highest BCUT2D eigenvalue weighted by Crippen LogP contribution is 2.14. The average Bonchev–Trinajstić information content (AvgIpc) is 2.91. The third kappa shape index (κ3) is 4.56. The van der Waals surface area contributed by atoms with Crippen molar-refractivity contribution >= 4 is 21.8 Å². The lowest BCUT2D eigenvalue weighted by Crippen LogP contribution is -2.44. The normalized spacial score (nSPS) is 17.4.